The number of halogens is 2. The lowest BCUT2D eigenvalue weighted by Crippen LogP contribution is -2.01. The minimum absolute atomic E-state index is 0.536. The maximum absolute atomic E-state index is 10.3. The van der Waals surface area contributed by atoms with Crippen LogP contribution in [0.3, 0.4) is 0 Å². The second kappa shape index (κ2) is 4.78. The highest BCUT2D eigenvalue weighted by Gasteiger charge is 2.21. The summed E-state index contributed by atoms with van der Waals surface area (Å²) in [5, 5.41) is 11.6. The van der Waals surface area contributed by atoms with Crippen molar-refractivity contribution < 1.29 is 5.11 Å². The van der Waals surface area contributed by atoms with Gasteiger partial charge in [-0.3, -0.25) is 0 Å². The first-order valence-electron chi connectivity index (χ1n) is 5.57. The smallest absolute Gasteiger partial charge is 0.0842 e. The van der Waals surface area contributed by atoms with Gasteiger partial charge in [-0.25, -0.2) is 0 Å². The molecule has 3 rings (SSSR count). The molecule has 0 aromatic heterocycles. The maximum atomic E-state index is 10.3. The number of aliphatic hydroxyl groups is 1. The monoisotopic (exact) mass is 296 g/mol. The average Bonchev–Trinajstić information content (AvgIpc) is 2.46. The van der Waals surface area contributed by atoms with E-state index >= 15 is 0 Å². The third kappa shape index (κ3) is 2.26. The van der Waals surface area contributed by atoms with Crippen molar-refractivity contribution in [3.63, 3.8) is 0 Å². The summed E-state index contributed by atoms with van der Waals surface area (Å²) in [6, 6.07) is 11.4. The van der Waals surface area contributed by atoms with Crippen molar-refractivity contribution in [3.05, 3.63) is 57.6 Å². The van der Waals surface area contributed by atoms with Crippen molar-refractivity contribution in [2.45, 2.75) is 22.3 Å². The fourth-order valence-electron chi connectivity index (χ4n) is 2.12. The summed E-state index contributed by atoms with van der Waals surface area (Å²) in [6.45, 7) is 0. The predicted molar refractivity (Wildman–Crippen MR) is 75.7 cm³/mol. The number of fused-ring (bicyclic) bond motifs is 2. The first-order valence-corrected chi connectivity index (χ1v) is 7.14. The number of benzene rings is 2. The van der Waals surface area contributed by atoms with Gasteiger partial charge in [0.25, 0.3) is 0 Å². The van der Waals surface area contributed by atoms with Crippen LogP contribution in [-0.2, 0) is 6.42 Å². The summed E-state index contributed by atoms with van der Waals surface area (Å²) in [5.41, 5.74) is 1.96. The van der Waals surface area contributed by atoms with E-state index < -0.39 is 6.10 Å². The van der Waals surface area contributed by atoms with E-state index in [1.165, 1.54) is 0 Å². The zero-order valence-electron chi connectivity index (χ0n) is 9.36. The number of aliphatic hydroxyl groups excluding tert-OH is 1. The molecule has 0 saturated heterocycles. The van der Waals surface area contributed by atoms with Crippen LogP contribution in [0.4, 0.5) is 0 Å². The van der Waals surface area contributed by atoms with E-state index in [9.17, 15) is 5.11 Å². The Morgan fingerprint density at radius 3 is 2.44 bits per heavy atom. The van der Waals surface area contributed by atoms with E-state index in [1.807, 2.05) is 36.4 Å². The third-order valence-corrected chi connectivity index (χ3v) is 4.67. The van der Waals surface area contributed by atoms with E-state index in [-0.39, 0.29) is 0 Å². The van der Waals surface area contributed by atoms with E-state index in [0.29, 0.717) is 16.5 Å². The van der Waals surface area contributed by atoms with Gasteiger partial charge < -0.3 is 5.11 Å². The number of hydrogen-bond acceptors (Lipinski definition) is 2. The first-order chi connectivity index (χ1) is 8.63. The van der Waals surface area contributed by atoms with Gasteiger partial charge in [-0.15, -0.1) is 0 Å². The molecule has 0 radical (unpaired) electrons. The van der Waals surface area contributed by atoms with Crippen LogP contribution >= 0.6 is 35.0 Å². The predicted octanol–water partition coefficient (Wildman–Crippen LogP) is 4.73. The Bertz CT molecular complexity index is 613. The normalized spacial score (nSPS) is 17.8. The van der Waals surface area contributed by atoms with Crippen LogP contribution in [-0.4, -0.2) is 5.11 Å². The standard InChI is InChI=1S/C14H10Cl2OS/c15-9-1-3-13-8(5-9)6-12(17)11-7-10(16)2-4-14(11)18-13/h1-5,7,12,17H,6H2. The van der Waals surface area contributed by atoms with Gasteiger partial charge in [0.05, 0.1) is 6.10 Å². The van der Waals surface area contributed by atoms with Gasteiger partial charge in [-0.05, 0) is 47.5 Å². The molecule has 2 aromatic rings. The van der Waals surface area contributed by atoms with E-state index in [1.54, 1.807) is 11.8 Å². The Morgan fingerprint density at radius 1 is 1.00 bits per heavy atom. The molecule has 92 valence electrons. The summed E-state index contributed by atoms with van der Waals surface area (Å²) < 4.78 is 0. The molecule has 0 fully saturated rings. The summed E-state index contributed by atoms with van der Waals surface area (Å²) in [7, 11) is 0. The lowest BCUT2D eigenvalue weighted by molar-refractivity contribution is 0.175. The van der Waals surface area contributed by atoms with Crippen LogP contribution in [0.25, 0.3) is 0 Å². The highest BCUT2D eigenvalue weighted by Crippen LogP contribution is 2.42. The maximum Gasteiger partial charge on any atom is 0.0842 e. The fraction of sp³-hybridized carbons (Fsp3) is 0.143. The minimum Gasteiger partial charge on any atom is -0.388 e. The third-order valence-electron chi connectivity index (χ3n) is 2.99. The van der Waals surface area contributed by atoms with Crippen molar-refractivity contribution in [2.24, 2.45) is 0 Å². The highest BCUT2D eigenvalue weighted by molar-refractivity contribution is 7.99. The molecule has 0 saturated carbocycles. The van der Waals surface area contributed by atoms with Crippen molar-refractivity contribution in [1.82, 2.24) is 0 Å². The zero-order chi connectivity index (χ0) is 12.7. The Hall–Kier alpha value is -0.670. The SMILES string of the molecule is OC1Cc2cc(Cl)ccc2Sc2ccc(Cl)cc21. The molecule has 1 nitrogen and oxygen atoms in total. The molecule has 0 amide bonds. The molecule has 0 spiro atoms. The van der Waals surface area contributed by atoms with E-state index in [2.05, 4.69) is 0 Å². The van der Waals surface area contributed by atoms with Gasteiger partial charge in [-0.1, -0.05) is 35.0 Å². The summed E-state index contributed by atoms with van der Waals surface area (Å²) >= 11 is 13.6. The Kier molecular flexibility index (Phi) is 3.29. The molecule has 1 unspecified atom stereocenters. The minimum atomic E-state index is -0.536. The molecular weight excluding hydrogens is 287 g/mol. The molecule has 18 heavy (non-hydrogen) atoms. The van der Waals surface area contributed by atoms with E-state index in [0.717, 1.165) is 20.9 Å². The van der Waals surface area contributed by atoms with Gasteiger partial charge in [0.1, 0.15) is 0 Å². The van der Waals surface area contributed by atoms with Crippen LogP contribution in [0.5, 0.6) is 0 Å². The Balaban J connectivity index is 2.13. The van der Waals surface area contributed by atoms with Gasteiger partial charge in [0, 0.05) is 26.3 Å². The molecule has 2 aromatic carbocycles. The molecule has 1 aliphatic rings. The van der Waals surface area contributed by atoms with Crippen molar-refractivity contribution in [3.8, 4) is 0 Å². The molecule has 0 aliphatic carbocycles. The second-order valence-electron chi connectivity index (χ2n) is 4.26. The van der Waals surface area contributed by atoms with Crippen LogP contribution in [0.15, 0.2) is 46.2 Å². The summed E-state index contributed by atoms with van der Waals surface area (Å²) in [4.78, 5) is 2.19. The topological polar surface area (TPSA) is 20.2 Å². The van der Waals surface area contributed by atoms with Gasteiger partial charge >= 0.3 is 0 Å². The average molecular weight is 297 g/mol. The zero-order valence-corrected chi connectivity index (χ0v) is 11.7. The van der Waals surface area contributed by atoms with Gasteiger partial charge in [0.2, 0.25) is 0 Å². The number of hydrogen-bond donors (Lipinski definition) is 1. The molecule has 1 heterocycles. The Morgan fingerprint density at radius 2 is 1.67 bits per heavy atom. The van der Waals surface area contributed by atoms with Gasteiger partial charge in [-0.2, -0.15) is 0 Å². The lowest BCUT2D eigenvalue weighted by Gasteiger charge is -2.11. The van der Waals surface area contributed by atoms with Crippen LogP contribution in [0.2, 0.25) is 10.0 Å². The Labute approximate surface area is 120 Å². The highest BCUT2D eigenvalue weighted by atomic mass is 35.5. The molecule has 4 heteroatoms. The second-order valence-corrected chi connectivity index (χ2v) is 6.21. The van der Waals surface area contributed by atoms with E-state index in [4.69, 9.17) is 23.2 Å². The van der Waals surface area contributed by atoms with Crippen molar-refractivity contribution >= 4 is 35.0 Å². The van der Waals surface area contributed by atoms with Crippen LogP contribution in [0, 0.1) is 0 Å². The molecular formula is C14H10Cl2OS. The van der Waals surface area contributed by atoms with Crippen LogP contribution < -0.4 is 0 Å². The molecule has 1 atom stereocenters. The van der Waals surface area contributed by atoms with Crippen LogP contribution in [0.1, 0.15) is 17.2 Å². The summed E-state index contributed by atoms with van der Waals surface area (Å²) in [6.07, 6.45) is 0.0295. The number of rotatable bonds is 0. The quantitative estimate of drug-likeness (QED) is 0.758. The first kappa shape index (κ1) is 12.4. The molecule has 1 aliphatic heterocycles. The summed E-state index contributed by atoms with van der Waals surface area (Å²) in [5.74, 6) is 0. The molecule has 1 N–H and O–H groups in total. The molecule has 0 bridgehead atoms. The largest absolute Gasteiger partial charge is 0.388 e. The van der Waals surface area contributed by atoms with Crippen molar-refractivity contribution in [1.29, 1.82) is 0 Å². The van der Waals surface area contributed by atoms with Crippen molar-refractivity contribution in [2.75, 3.05) is 0 Å². The fourth-order valence-corrected chi connectivity index (χ4v) is 3.59. The lowest BCUT2D eigenvalue weighted by atomic mass is 10.0. The van der Waals surface area contributed by atoms with Gasteiger partial charge in [0.15, 0.2) is 0 Å².